The summed E-state index contributed by atoms with van der Waals surface area (Å²) in [6.45, 7) is 2.08. The molecule has 7 heteroatoms. The van der Waals surface area contributed by atoms with Crippen molar-refractivity contribution in [3.63, 3.8) is 0 Å². The van der Waals surface area contributed by atoms with Crippen LogP contribution in [0.1, 0.15) is 29.1 Å². The van der Waals surface area contributed by atoms with Crippen LogP contribution in [0.5, 0.6) is 0 Å². The molecule has 5 nitrogen and oxygen atoms in total. The Hall–Kier alpha value is -1.47. The quantitative estimate of drug-likeness (QED) is 0.551. The molecule has 2 aliphatic rings. The van der Waals surface area contributed by atoms with E-state index in [1.165, 1.54) is 0 Å². The summed E-state index contributed by atoms with van der Waals surface area (Å²) in [7, 11) is 0. The number of hydrogen-bond acceptors (Lipinski definition) is 4. The molecular formula is C14H11Br2N3O2. The second-order valence-electron chi connectivity index (χ2n) is 4.44. The first-order chi connectivity index (χ1) is 10.1. The van der Waals surface area contributed by atoms with Gasteiger partial charge in [-0.05, 0) is 35.0 Å². The zero-order valence-corrected chi connectivity index (χ0v) is 14.3. The van der Waals surface area contributed by atoms with Gasteiger partial charge in [0.25, 0.3) is 0 Å². The number of hydrogen-bond donors (Lipinski definition) is 0. The summed E-state index contributed by atoms with van der Waals surface area (Å²) < 4.78 is 8.64. The van der Waals surface area contributed by atoms with Crippen LogP contribution in [0.25, 0.3) is 0 Å². The number of carbonyl (C=O) groups excluding carboxylic acids is 1. The van der Waals surface area contributed by atoms with Crippen molar-refractivity contribution < 1.29 is 9.53 Å². The molecule has 21 heavy (non-hydrogen) atoms. The fourth-order valence-corrected chi connectivity index (χ4v) is 3.11. The molecule has 2 heterocycles. The molecule has 0 amide bonds. The SMILES string of the molecule is CCOC(=O)c1ncn2c1C=NC(Br)=C1C=C(Br)C=CC12. The third-order valence-electron chi connectivity index (χ3n) is 3.19. The Kier molecular flexibility index (Phi) is 3.95. The average Bonchev–Trinajstić information content (AvgIpc) is 2.83. The average molecular weight is 413 g/mol. The number of allylic oxidation sites excluding steroid dienone is 5. The van der Waals surface area contributed by atoms with Crippen LogP contribution in [-0.2, 0) is 4.74 Å². The van der Waals surface area contributed by atoms with Gasteiger partial charge in [-0.1, -0.05) is 22.0 Å². The number of aromatic nitrogens is 2. The molecule has 0 bridgehead atoms. The first-order valence-corrected chi connectivity index (χ1v) is 7.93. The maximum Gasteiger partial charge on any atom is 0.359 e. The normalized spacial score (nSPS) is 19.8. The van der Waals surface area contributed by atoms with Crippen molar-refractivity contribution >= 4 is 44.0 Å². The molecular weight excluding hydrogens is 402 g/mol. The summed E-state index contributed by atoms with van der Waals surface area (Å²) in [6.07, 6.45) is 9.25. The van der Waals surface area contributed by atoms with Crippen LogP contribution < -0.4 is 0 Å². The molecule has 0 saturated heterocycles. The Balaban J connectivity index is 2.10. The highest BCUT2D eigenvalue weighted by Crippen LogP contribution is 2.36. The second-order valence-corrected chi connectivity index (χ2v) is 6.11. The highest BCUT2D eigenvalue weighted by atomic mass is 79.9. The van der Waals surface area contributed by atoms with E-state index < -0.39 is 5.97 Å². The number of esters is 1. The first-order valence-electron chi connectivity index (χ1n) is 6.35. The maximum atomic E-state index is 12.0. The minimum atomic E-state index is -0.436. The third-order valence-corrected chi connectivity index (χ3v) is 4.34. The fourth-order valence-electron chi connectivity index (χ4n) is 2.26. The van der Waals surface area contributed by atoms with Crippen LogP contribution in [-0.4, -0.2) is 28.3 Å². The molecule has 0 radical (unpaired) electrons. The number of aliphatic imine (C=N–C) groups is 1. The van der Waals surface area contributed by atoms with Crippen molar-refractivity contribution in [2.75, 3.05) is 6.61 Å². The molecule has 1 aliphatic heterocycles. The minimum Gasteiger partial charge on any atom is -0.461 e. The number of fused-ring (bicyclic) bond motifs is 3. The summed E-state index contributed by atoms with van der Waals surface area (Å²) in [4.78, 5) is 20.5. The lowest BCUT2D eigenvalue weighted by atomic mass is 10.0. The van der Waals surface area contributed by atoms with Gasteiger partial charge in [-0.15, -0.1) is 0 Å². The van der Waals surface area contributed by atoms with Gasteiger partial charge >= 0.3 is 5.97 Å². The molecule has 0 fully saturated rings. The molecule has 0 saturated carbocycles. The van der Waals surface area contributed by atoms with E-state index in [9.17, 15) is 4.79 Å². The van der Waals surface area contributed by atoms with Crippen molar-refractivity contribution in [1.29, 1.82) is 0 Å². The fraction of sp³-hybridized carbons (Fsp3) is 0.214. The highest BCUT2D eigenvalue weighted by molar-refractivity contribution is 9.12. The zero-order valence-electron chi connectivity index (χ0n) is 11.1. The minimum absolute atomic E-state index is 0.0612. The number of ether oxygens (including phenoxy) is 1. The van der Waals surface area contributed by atoms with Crippen LogP contribution in [0.2, 0.25) is 0 Å². The van der Waals surface area contributed by atoms with Crippen LogP contribution in [0.4, 0.5) is 0 Å². The Bertz CT molecular complexity index is 729. The Morgan fingerprint density at radius 2 is 2.29 bits per heavy atom. The van der Waals surface area contributed by atoms with Gasteiger partial charge in [0.2, 0.25) is 0 Å². The Labute approximate surface area is 138 Å². The molecule has 3 rings (SSSR count). The van der Waals surface area contributed by atoms with Gasteiger partial charge in [-0.25, -0.2) is 14.8 Å². The van der Waals surface area contributed by atoms with Crippen molar-refractivity contribution in [2.24, 2.45) is 4.99 Å². The zero-order chi connectivity index (χ0) is 15.0. The molecule has 1 atom stereocenters. The third kappa shape index (κ3) is 2.55. The summed E-state index contributed by atoms with van der Waals surface area (Å²) in [5.74, 6) is -0.436. The van der Waals surface area contributed by atoms with E-state index in [2.05, 4.69) is 41.8 Å². The van der Waals surface area contributed by atoms with Gasteiger partial charge in [0, 0.05) is 10.1 Å². The van der Waals surface area contributed by atoms with Gasteiger partial charge in [0.1, 0.15) is 4.61 Å². The monoisotopic (exact) mass is 411 g/mol. The van der Waals surface area contributed by atoms with Gasteiger partial charge in [-0.2, -0.15) is 0 Å². The molecule has 0 N–H and O–H groups in total. The Morgan fingerprint density at radius 1 is 1.48 bits per heavy atom. The van der Waals surface area contributed by atoms with E-state index >= 15 is 0 Å². The van der Waals surface area contributed by atoms with E-state index in [-0.39, 0.29) is 11.7 Å². The molecule has 1 aromatic rings. The number of imidazole rings is 1. The van der Waals surface area contributed by atoms with E-state index in [1.54, 1.807) is 19.5 Å². The van der Waals surface area contributed by atoms with E-state index in [0.29, 0.717) is 12.3 Å². The number of nitrogens with zero attached hydrogens (tertiary/aromatic N) is 3. The number of carbonyl (C=O) groups is 1. The predicted octanol–water partition coefficient (Wildman–Crippen LogP) is 3.49. The summed E-state index contributed by atoms with van der Waals surface area (Å²) >= 11 is 6.94. The van der Waals surface area contributed by atoms with Crippen molar-refractivity contribution in [3.8, 4) is 0 Å². The van der Waals surface area contributed by atoms with E-state index in [4.69, 9.17) is 4.74 Å². The Morgan fingerprint density at radius 3 is 3.05 bits per heavy atom. The summed E-state index contributed by atoms with van der Waals surface area (Å²) in [6, 6.07) is -0.0612. The van der Waals surface area contributed by atoms with Crippen LogP contribution in [0.15, 0.2) is 44.2 Å². The molecule has 1 unspecified atom stereocenters. The maximum absolute atomic E-state index is 12.0. The van der Waals surface area contributed by atoms with Gasteiger partial charge in [-0.3, -0.25) is 0 Å². The molecule has 1 aliphatic carbocycles. The van der Waals surface area contributed by atoms with Crippen LogP contribution in [0, 0.1) is 0 Å². The predicted molar refractivity (Wildman–Crippen MR) is 86.9 cm³/mol. The van der Waals surface area contributed by atoms with Gasteiger partial charge in [0.15, 0.2) is 5.69 Å². The smallest absolute Gasteiger partial charge is 0.359 e. The highest BCUT2D eigenvalue weighted by Gasteiger charge is 2.27. The lowest BCUT2D eigenvalue weighted by Crippen LogP contribution is -2.14. The van der Waals surface area contributed by atoms with Crippen molar-refractivity contribution in [2.45, 2.75) is 13.0 Å². The van der Waals surface area contributed by atoms with Crippen molar-refractivity contribution in [1.82, 2.24) is 9.55 Å². The van der Waals surface area contributed by atoms with E-state index in [1.807, 2.05) is 22.8 Å². The van der Waals surface area contributed by atoms with E-state index in [0.717, 1.165) is 14.7 Å². The summed E-state index contributed by atoms with van der Waals surface area (Å²) in [5.41, 5.74) is 1.91. The second kappa shape index (κ2) is 5.73. The standard InChI is InChI=1S/C14H11Br2N3O2/c1-2-21-14(20)12-11-6-17-13(16)9-5-8(15)3-4-10(9)19(11)7-18-12/h3-7,10H,2H2,1H3. The van der Waals surface area contributed by atoms with Crippen molar-refractivity contribution in [3.05, 3.63) is 50.6 Å². The lowest BCUT2D eigenvalue weighted by Gasteiger charge is -2.20. The number of rotatable bonds is 2. The van der Waals surface area contributed by atoms with Gasteiger partial charge in [0.05, 0.1) is 30.9 Å². The lowest BCUT2D eigenvalue weighted by molar-refractivity contribution is 0.0520. The summed E-state index contributed by atoms with van der Waals surface area (Å²) in [5, 5.41) is 0. The molecule has 0 spiro atoms. The van der Waals surface area contributed by atoms with Gasteiger partial charge < -0.3 is 9.30 Å². The van der Waals surface area contributed by atoms with Crippen LogP contribution in [0.3, 0.4) is 0 Å². The first kappa shape index (κ1) is 14.5. The molecule has 1 aromatic heterocycles. The topological polar surface area (TPSA) is 56.5 Å². The molecule has 0 aromatic carbocycles. The molecule has 108 valence electrons. The largest absolute Gasteiger partial charge is 0.461 e. The van der Waals surface area contributed by atoms with Crippen LogP contribution >= 0.6 is 31.9 Å². The number of halogens is 2.